The van der Waals surface area contributed by atoms with Crippen molar-refractivity contribution < 1.29 is 15.0 Å². The van der Waals surface area contributed by atoms with Gasteiger partial charge in [-0.25, -0.2) is 0 Å². The van der Waals surface area contributed by atoms with E-state index in [1.165, 1.54) is 36.8 Å². The van der Waals surface area contributed by atoms with Gasteiger partial charge in [0.25, 0.3) is 0 Å². The third kappa shape index (κ3) is 4.56. The molecule has 2 saturated heterocycles. The number of likely N-dealkylation sites (tertiary alicyclic amines) is 1. The number of benzene rings is 2. The normalized spacial score (nSPS) is 31.9. The van der Waals surface area contributed by atoms with Gasteiger partial charge in [-0.05, 0) is 123 Å². The predicted octanol–water partition coefficient (Wildman–Crippen LogP) is 5.67. The molecular formula is C36H43N5O3. The molecule has 5 aliphatic rings. The number of phenolic OH excluding ortho intramolecular Hbond substituents is 1. The Labute approximate surface area is 259 Å². The van der Waals surface area contributed by atoms with Crippen molar-refractivity contribution >= 4 is 17.5 Å². The van der Waals surface area contributed by atoms with E-state index in [0.717, 1.165) is 63.5 Å². The Hall–Kier alpha value is -3.65. The van der Waals surface area contributed by atoms with Crippen LogP contribution in [0.3, 0.4) is 0 Å². The van der Waals surface area contributed by atoms with Gasteiger partial charge in [-0.3, -0.25) is 4.79 Å². The Morgan fingerprint density at radius 3 is 2.23 bits per heavy atom. The minimum atomic E-state index is -0.613. The smallest absolute Gasteiger partial charge is 0.306 e. The number of rotatable bonds is 6. The average molecular weight is 594 g/mol. The van der Waals surface area contributed by atoms with Gasteiger partial charge in [-0.15, -0.1) is 10.2 Å². The second kappa shape index (κ2) is 10.8. The molecule has 8 rings (SSSR count). The molecule has 2 atom stereocenters. The molecule has 3 aromatic rings. The van der Waals surface area contributed by atoms with Crippen LogP contribution in [-0.2, 0) is 10.2 Å². The number of phenols is 1. The number of nitrogen functional groups attached to an aromatic ring is 1. The summed E-state index contributed by atoms with van der Waals surface area (Å²) in [6, 6.07) is 19.5. The first-order valence-corrected chi connectivity index (χ1v) is 16.6. The number of hydrogen-bond acceptors (Lipinski definition) is 7. The van der Waals surface area contributed by atoms with E-state index in [1.807, 2.05) is 24.3 Å². The van der Waals surface area contributed by atoms with Crippen LogP contribution < -0.4 is 10.6 Å². The van der Waals surface area contributed by atoms with Gasteiger partial charge in [-0.2, -0.15) is 0 Å². The maximum Gasteiger partial charge on any atom is 0.306 e. The summed E-state index contributed by atoms with van der Waals surface area (Å²) < 4.78 is 0. The molecule has 0 amide bonds. The number of anilines is 2. The number of nitrogens with zero attached hydrogens (tertiary/aromatic N) is 4. The number of hydrogen-bond donors (Lipinski definition) is 3. The number of aromatic hydroxyl groups is 1. The molecule has 5 fully saturated rings. The van der Waals surface area contributed by atoms with Crippen LogP contribution >= 0.6 is 0 Å². The highest BCUT2D eigenvalue weighted by molar-refractivity contribution is 5.74. The summed E-state index contributed by atoms with van der Waals surface area (Å²) in [6.07, 6.45) is 8.60. The van der Waals surface area contributed by atoms with E-state index < -0.39 is 5.97 Å². The molecule has 3 heterocycles. The lowest BCUT2D eigenvalue weighted by Gasteiger charge is -2.71. The molecule has 1 aromatic heterocycles. The minimum absolute atomic E-state index is 0.131. The second-order valence-electron chi connectivity index (χ2n) is 14.3. The lowest BCUT2D eigenvalue weighted by atomic mass is 9.35. The fourth-order valence-electron chi connectivity index (χ4n) is 9.97. The summed E-state index contributed by atoms with van der Waals surface area (Å²) in [4.78, 5) is 16.4. The minimum Gasteiger partial charge on any atom is -0.507 e. The van der Waals surface area contributed by atoms with Crippen LogP contribution in [0.25, 0.3) is 11.3 Å². The SMILES string of the molecule is Nc1nnc(-c2ccccc2O)cc1N1CC2CC3(c4ccc(C5CCN(C6CCC(C(=O)O)CC6)CC5)cc4)CC(C1)C23. The molecule has 0 spiro atoms. The second-order valence-corrected chi connectivity index (χ2v) is 14.3. The van der Waals surface area contributed by atoms with Crippen LogP contribution in [0.5, 0.6) is 5.75 Å². The quantitative estimate of drug-likeness (QED) is 0.335. The summed E-state index contributed by atoms with van der Waals surface area (Å²) >= 11 is 0. The molecular weight excluding hydrogens is 550 g/mol. The number of piperidine rings is 2. The average Bonchev–Trinajstić information content (AvgIpc) is 3.03. The Kier molecular flexibility index (Phi) is 6.81. The predicted molar refractivity (Wildman–Crippen MR) is 171 cm³/mol. The largest absolute Gasteiger partial charge is 0.507 e. The first-order chi connectivity index (χ1) is 21.4. The number of carboxylic acids is 1. The van der Waals surface area contributed by atoms with Gasteiger partial charge >= 0.3 is 5.97 Å². The summed E-state index contributed by atoms with van der Waals surface area (Å²) in [5.41, 5.74) is 12.0. The zero-order chi connectivity index (χ0) is 30.0. The standard InChI is InChI=1S/C36H43N5O3/c37-34-31(17-30(38-39-34)29-3-1-2-4-32(29)42)41-20-25-18-36(19-26(21-41)33(25)36)27-9-5-22(6-10-27)23-13-15-40(16-14-23)28-11-7-24(8-12-28)35(43)44/h1-6,9-10,17,23-26,28,33,42H,7-8,11-16,18-21H2,(H2,37,39)(H,43,44). The molecule has 0 radical (unpaired) electrons. The summed E-state index contributed by atoms with van der Waals surface area (Å²) in [7, 11) is 0. The fraction of sp³-hybridized carbons (Fsp3) is 0.528. The van der Waals surface area contributed by atoms with Crippen molar-refractivity contribution in [1.82, 2.24) is 15.1 Å². The van der Waals surface area contributed by atoms with Crippen molar-refractivity contribution in [2.45, 2.75) is 68.7 Å². The highest BCUT2D eigenvalue weighted by atomic mass is 16.4. The number of carbonyl (C=O) groups is 1. The van der Waals surface area contributed by atoms with Crippen molar-refractivity contribution in [3.05, 3.63) is 65.7 Å². The van der Waals surface area contributed by atoms with Crippen LogP contribution in [0, 0.1) is 23.7 Å². The van der Waals surface area contributed by atoms with Crippen molar-refractivity contribution in [3.63, 3.8) is 0 Å². The topological polar surface area (TPSA) is 116 Å². The fourth-order valence-corrected chi connectivity index (χ4v) is 9.97. The molecule has 2 unspecified atom stereocenters. The van der Waals surface area contributed by atoms with Gasteiger partial charge in [0.2, 0.25) is 0 Å². The van der Waals surface area contributed by atoms with Gasteiger partial charge in [0.05, 0.1) is 17.3 Å². The Morgan fingerprint density at radius 1 is 0.886 bits per heavy atom. The van der Waals surface area contributed by atoms with Gasteiger partial charge in [0, 0.05) is 24.7 Å². The Bertz CT molecular complexity index is 1530. The molecule has 230 valence electrons. The molecule has 3 saturated carbocycles. The van der Waals surface area contributed by atoms with E-state index in [2.05, 4.69) is 44.3 Å². The highest BCUT2D eigenvalue weighted by Gasteiger charge is 2.67. The van der Waals surface area contributed by atoms with Gasteiger partial charge < -0.3 is 25.7 Å². The van der Waals surface area contributed by atoms with Crippen molar-refractivity contribution in [2.75, 3.05) is 36.8 Å². The lowest BCUT2D eigenvalue weighted by Crippen LogP contribution is -2.71. The van der Waals surface area contributed by atoms with Gasteiger partial charge in [0.1, 0.15) is 5.75 Å². The van der Waals surface area contributed by atoms with Crippen LogP contribution in [0.2, 0.25) is 0 Å². The van der Waals surface area contributed by atoms with Gasteiger partial charge in [0.15, 0.2) is 5.82 Å². The van der Waals surface area contributed by atoms with Crippen molar-refractivity contribution in [1.29, 1.82) is 0 Å². The maximum atomic E-state index is 11.3. The molecule has 4 N–H and O–H groups in total. The Balaban J connectivity index is 0.888. The molecule has 2 aliphatic heterocycles. The maximum absolute atomic E-state index is 11.3. The number of aliphatic carboxylic acids is 1. The van der Waals surface area contributed by atoms with E-state index in [9.17, 15) is 15.0 Å². The van der Waals surface area contributed by atoms with Crippen LogP contribution in [0.15, 0.2) is 54.6 Å². The van der Waals surface area contributed by atoms with E-state index in [0.29, 0.717) is 46.3 Å². The zero-order valence-corrected chi connectivity index (χ0v) is 25.3. The number of carboxylic acid groups (broad SMARTS) is 1. The first kappa shape index (κ1) is 27.9. The molecule has 2 aromatic carbocycles. The summed E-state index contributed by atoms with van der Waals surface area (Å²) in [6.45, 7) is 4.25. The first-order valence-electron chi connectivity index (χ1n) is 16.6. The van der Waals surface area contributed by atoms with E-state index >= 15 is 0 Å². The van der Waals surface area contributed by atoms with E-state index in [-0.39, 0.29) is 11.7 Å². The van der Waals surface area contributed by atoms with Crippen LogP contribution in [-0.4, -0.2) is 63.5 Å². The molecule has 0 bridgehead atoms. The summed E-state index contributed by atoms with van der Waals surface area (Å²) in [5.74, 6) is 2.62. The highest BCUT2D eigenvalue weighted by Crippen LogP contribution is 2.69. The monoisotopic (exact) mass is 593 g/mol. The Morgan fingerprint density at radius 2 is 1.57 bits per heavy atom. The molecule has 3 aliphatic carbocycles. The van der Waals surface area contributed by atoms with Crippen molar-refractivity contribution in [3.8, 4) is 17.0 Å². The van der Waals surface area contributed by atoms with Crippen LogP contribution in [0.1, 0.15) is 68.4 Å². The van der Waals surface area contributed by atoms with Crippen LogP contribution in [0.4, 0.5) is 11.5 Å². The van der Waals surface area contributed by atoms with E-state index in [4.69, 9.17) is 5.73 Å². The third-order valence-corrected chi connectivity index (χ3v) is 12.2. The lowest BCUT2D eigenvalue weighted by molar-refractivity contribution is -0.143. The molecule has 44 heavy (non-hydrogen) atoms. The van der Waals surface area contributed by atoms with Crippen molar-refractivity contribution in [2.24, 2.45) is 23.7 Å². The number of nitrogens with two attached hydrogens (primary N) is 1. The van der Waals surface area contributed by atoms with Gasteiger partial charge in [-0.1, -0.05) is 36.4 Å². The number of para-hydroxylation sites is 1. The molecule has 8 nitrogen and oxygen atoms in total. The third-order valence-electron chi connectivity index (χ3n) is 12.2. The van der Waals surface area contributed by atoms with E-state index in [1.54, 1.807) is 6.07 Å². The number of aromatic nitrogens is 2. The zero-order valence-electron chi connectivity index (χ0n) is 25.3. The molecule has 8 heteroatoms. The summed E-state index contributed by atoms with van der Waals surface area (Å²) in [5, 5.41) is 28.2.